The van der Waals surface area contributed by atoms with Crippen LogP contribution in [0.5, 0.6) is 11.5 Å². The maximum Gasteiger partial charge on any atom is 0.338 e. The van der Waals surface area contributed by atoms with Gasteiger partial charge in [-0.2, -0.15) is 0 Å². The predicted octanol–water partition coefficient (Wildman–Crippen LogP) is 3.84. The molecule has 0 aliphatic rings. The van der Waals surface area contributed by atoms with Crippen LogP contribution in [0.25, 0.3) is 0 Å². The van der Waals surface area contributed by atoms with E-state index in [9.17, 15) is 9.59 Å². The summed E-state index contributed by atoms with van der Waals surface area (Å²) in [4.78, 5) is 24.2. The van der Waals surface area contributed by atoms with Crippen molar-refractivity contribution in [1.29, 1.82) is 0 Å². The van der Waals surface area contributed by atoms with Crippen molar-refractivity contribution in [2.45, 2.75) is 26.2 Å². The first-order valence-corrected chi connectivity index (χ1v) is 8.85. The Bertz CT molecular complexity index is 771. The molecule has 0 radical (unpaired) electrons. The number of rotatable bonds is 9. The number of nitrogens with one attached hydrogen (secondary N) is 1. The van der Waals surface area contributed by atoms with E-state index in [4.69, 9.17) is 14.2 Å². The molecular weight excluding hydrogens is 346 g/mol. The van der Waals surface area contributed by atoms with Gasteiger partial charge >= 0.3 is 5.97 Å². The lowest BCUT2D eigenvalue weighted by Gasteiger charge is -2.11. The number of ether oxygens (including phenoxy) is 3. The van der Waals surface area contributed by atoms with E-state index in [2.05, 4.69) is 5.32 Å². The van der Waals surface area contributed by atoms with E-state index >= 15 is 0 Å². The molecule has 0 aromatic heterocycles. The van der Waals surface area contributed by atoms with E-state index < -0.39 is 0 Å². The molecule has 27 heavy (non-hydrogen) atoms. The van der Waals surface area contributed by atoms with E-state index in [1.54, 1.807) is 56.7 Å². The SMILES string of the molecule is CCCCOC(=O)c1ccc(NC(=O)Cc2cc(OC)ccc2OC)cc1. The zero-order chi connectivity index (χ0) is 19.6. The van der Waals surface area contributed by atoms with Crippen molar-refractivity contribution in [3.63, 3.8) is 0 Å². The first-order chi connectivity index (χ1) is 13.1. The molecule has 0 saturated carbocycles. The van der Waals surface area contributed by atoms with Crippen molar-refractivity contribution in [2.75, 3.05) is 26.1 Å². The van der Waals surface area contributed by atoms with E-state index in [1.165, 1.54) is 0 Å². The number of anilines is 1. The molecule has 2 rings (SSSR count). The monoisotopic (exact) mass is 371 g/mol. The summed E-state index contributed by atoms with van der Waals surface area (Å²) >= 11 is 0. The molecule has 1 amide bonds. The molecule has 144 valence electrons. The molecule has 0 aliphatic carbocycles. The van der Waals surface area contributed by atoms with Crippen LogP contribution in [0.15, 0.2) is 42.5 Å². The summed E-state index contributed by atoms with van der Waals surface area (Å²) in [6.07, 6.45) is 1.95. The Balaban J connectivity index is 1.97. The molecule has 6 nitrogen and oxygen atoms in total. The number of benzene rings is 2. The molecule has 0 aliphatic heterocycles. The average Bonchev–Trinajstić information content (AvgIpc) is 2.68. The van der Waals surface area contributed by atoms with Crippen LogP contribution >= 0.6 is 0 Å². The summed E-state index contributed by atoms with van der Waals surface area (Å²) in [5.41, 5.74) is 1.79. The van der Waals surface area contributed by atoms with Gasteiger partial charge in [0.25, 0.3) is 0 Å². The fourth-order valence-corrected chi connectivity index (χ4v) is 2.48. The van der Waals surface area contributed by atoms with Crippen molar-refractivity contribution in [2.24, 2.45) is 0 Å². The van der Waals surface area contributed by atoms with Crippen molar-refractivity contribution in [1.82, 2.24) is 0 Å². The standard InChI is InChI=1S/C21H25NO5/c1-4-5-12-27-21(24)15-6-8-17(9-7-15)22-20(23)14-16-13-18(25-2)10-11-19(16)26-3/h6-11,13H,4-5,12,14H2,1-3H3,(H,22,23). The van der Waals surface area contributed by atoms with Gasteiger partial charge in [0, 0.05) is 11.3 Å². The number of hydrogen-bond donors (Lipinski definition) is 1. The second kappa shape index (κ2) is 10.2. The zero-order valence-corrected chi connectivity index (χ0v) is 15.9. The summed E-state index contributed by atoms with van der Waals surface area (Å²) in [5.74, 6) is 0.725. The summed E-state index contributed by atoms with van der Waals surface area (Å²) in [6.45, 7) is 2.45. The zero-order valence-electron chi connectivity index (χ0n) is 15.9. The second-order valence-corrected chi connectivity index (χ2v) is 5.97. The summed E-state index contributed by atoms with van der Waals surface area (Å²) < 4.78 is 15.6. The van der Waals surface area contributed by atoms with Gasteiger partial charge in [0.15, 0.2) is 0 Å². The van der Waals surface area contributed by atoms with Crippen LogP contribution in [0, 0.1) is 0 Å². The van der Waals surface area contributed by atoms with Gasteiger partial charge in [-0.1, -0.05) is 13.3 Å². The fraction of sp³-hybridized carbons (Fsp3) is 0.333. The van der Waals surface area contributed by atoms with Crippen molar-refractivity contribution < 1.29 is 23.8 Å². The number of methoxy groups -OCH3 is 2. The summed E-state index contributed by atoms with van der Waals surface area (Å²) in [5, 5.41) is 2.81. The normalized spacial score (nSPS) is 10.2. The summed E-state index contributed by atoms with van der Waals surface area (Å²) in [6, 6.07) is 11.9. The highest BCUT2D eigenvalue weighted by Gasteiger charge is 2.12. The fourth-order valence-electron chi connectivity index (χ4n) is 2.48. The van der Waals surface area contributed by atoms with Crippen LogP contribution in [0.2, 0.25) is 0 Å². The molecule has 0 saturated heterocycles. The minimum Gasteiger partial charge on any atom is -0.497 e. The minimum atomic E-state index is -0.359. The molecule has 6 heteroatoms. The highest BCUT2D eigenvalue weighted by Crippen LogP contribution is 2.24. The van der Waals surface area contributed by atoms with E-state index in [0.717, 1.165) is 18.4 Å². The van der Waals surface area contributed by atoms with Gasteiger partial charge in [0.2, 0.25) is 5.91 Å². The number of unbranched alkanes of at least 4 members (excludes halogenated alkanes) is 1. The van der Waals surface area contributed by atoms with E-state index in [-0.39, 0.29) is 18.3 Å². The summed E-state index contributed by atoms with van der Waals surface area (Å²) in [7, 11) is 3.13. The van der Waals surface area contributed by atoms with Gasteiger partial charge in [-0.05, 0) is 48.9 Å². The highest BCUT2D eigenvalue weighted by atomic mass is 16.5. The molecule has 0 fully saturated rings. The first kappa shape index (κ1) is 20.3. The Labute approximate surface area is 159 Å². The van der Waals surface area contributed by atoms with Gasteiger partial charge in [-0.3, -0.25) is 4.79 Å². The maximum absolute atomic E-state index is 12.3. The van der Waals surface area contributed by atoms with E-state index in [1.807, 2.05) is 6.92 Å². The molecule has 2 aromatic rings. The maximum atomic E-state index is 12.3. The number of esters is 1. The number of amides is 1. The van der Waals surface area contributed by atoms with Gasteiger partial charge in [-0.15, -0.1) is 0 Å². The average molecular weight is 371 g/mol. The third-order valence-corrected chi connectivity index (χ3v) is 3.97. The molecule has 0 unspecified atom stereocenters. The molecule has 0 bridgehead atoms. The Kier molecular flexibility index (Phi) is 7.67. The third-order valence-electron chi connectivity index (χ3n) is 3.97. The second-order valence-electron chi connectivity index (χ2n) is 5.97. The Morgan fingerprint density at radius 1 is 1.00 bits per heavy atom. The molecule has 0 heterocycles. The Morgan fingerprint density at radius 2 is 1.74 bits per heavy atom. The van der Waals surface area contributed by atoms with Crippen LogP contribution < -0.4 is 14.8 Å². The number of hydrogen-bond acceptors (Lipinski definition) is 5. The van der Waals surface area contributed by atoms with Crippen LogP contribution in [0.3, 0.4) is 0 Å². The Hall–Kier alpha value is -3.02. The molecular formula is C21H25NO5. The van der Waals surface area contributed by atoms with Gasteiger partial charge in [-0.25, -0.2) is 4.79 Å². The molecule has 0 spiro atoms. The van der Waals surface area contributed by atoms with Crippen LogP contribution in [0.4, 0.5) is 5.69 Å². The van der Waals surface area contributed by atoms with E-state index in [0.29, 0.717) is 29.4 Å². The molecule has 0 atom stereocenters. The van der Waals surface area contributed by atoms with Crippen LogP contribution in [-0.4, -0.2) is 32.7 Å². The lowest BCUT2D eigenvalue weighted by atomic mass is 10.1. The highest BCUT2D eigenvalue weighted by molar-refractivity contribution is 5.94. The largest absolute Gasteiger partial charge is 0.497 e. The third kappa shape index (κ3) is 6.02. The predicted molar refractivity (Wildman–Crippen MR) is 104 cm³/mol. The van der Waals surface area contributed by atoms with Crippen molar-refractivity contribution in [3.8, 4) is 11.5 Å². The molecule has 2 aromatic carbocycles. The lowest BCUT2D eigenvalue weighted by Crippen LogP contribution is -2.15. The first-order valence-electron chi connectivity index (χ1n) is 8.85. The topological polar surface area (TPSA) is 73.9 Å². The smallest absolute Gasteiger partial charge is 0.338 e. The number of carbonyl (C=O) groups excluding carboxylic acids is 2. The number of carbonyl (C=O) groups is 2. The van der Waals surface area contributed by atoms with Gasteiger partial charge in [0.1, 0.15) is 11.5 Å². The van der Waals surface area contributed by atoms with Gasteiger partial charge < -0.3 is 19.5 Å². The lowest BCUT2D eigenvalue weighted by molar-refractivity contribution is -0.115. The quantitative estimate of drug-likeness (QED) is 0.535. The minimum absolute atomic E-state index is 0.140. The Morgan fingerprint density at radius 3 is 2.37 bits per heavy atom. The van der Waals surface area contributed by atoms with Crippen LogP contribution in [0.1, 0.15) is 35.7 Å². The van der Waals surface area contributed by atoms with Crippen molar-refractivity contribution in [3.05, 3.63) is 53.6 Å². The van der Waals surface area contributed by atoms with Crippen molar-refractivity contribution >= 4 is 17.6 Å². The van der Waals surface area contributed by atoms with Crippen LogP contribution in [-0.2, 0) is 16.0 Å². The molecule has 1 N–H and O–H groups in total. The van der Waals surface area contributed by atoms with Gasteiger partial charge in [0.05, 0.1) is 32.8 Å².